The number of fused-ring (bicyclic) bond motifs is 1. The van der Waals surface area contributed by atoms with E-state index in [4.69, 9.17) is 10.5 Å². The number of benzene rings is 2. The van der Waals surface area contributed by atoms with E-state index < -0.39 is 10.0 Å². The molecule has 2 aromatic carbocycles. The minimum atomic E-state index is -3.58. The zero-order chi connectivity index (χ0) is 22.7. The standard InChI is InChI=1S/C24H30N4O3S/c1-27-17-21(16-26-27)32(29,30)28(2)12-13-31-20-10-8-19-9-11-24(25)23(22(19)15-20)14-18-6-4-3-5-7-18/h3-8,10,15-17,23-24H,9,11-14,25H2,1-2H3. The molecule has 1 aliphatic carbocycles. The third-order valence-electron chi connectivity index (χ3n) is 6.14. The molecule has 2 N–H and O–H groups in total. The van der Waals surface area contributed by atoms with Crippen molar-refractivity contribution in [1.82, 2.24) is 14.1 Å². The molecule has 2 atom stereocenters. The van der Waals surface area contributed by atoms with Crippen LogP contribution in [0.25, 0.3) is 0 Å². The lowest BCUT2D eigenvalue weighted by Gasteiger charge is -2.32. The van der Waals surface area contributed by atoms with E-state index in [9.17, 15) is 8.42 Å². The van der Waals surface area contributed by atoms with Crippen molar-refractivity contribution in [2.45, 2.75) is 36.1 Å². The van der Waals surface area contributed by atoms with Crippen LogP contribution in [0.1, 0.15) is 29.0 Å². The smallest absolute Gasteiger partial charge is 0.246 e. The van der Waals surface area contributed by atoms with Gasteiger partial charge in [0.05, 0.1) is 6.20 Å². The molecule has 8 heteroatoms. The summed E-state index contributed by atoms with van der Waals surface area (Å²) < 4.78 is 34.0. The second-order valence-corrected chi connectivity index (χ2v) is 10.4. The summed E-state index contributed by atoms with van der Waals surface area (Å²) in [5, 5.41) is 3.95. The second-order valence-electron chi connectivity index (χ2n) is 8.38. The Kier molecular flexibility index (Phi) is 6.64. The normalized spacial score (nSPS) is 18.5. The maximum atomic E-state index is 12.6. The first-order valence-electron chi connectivity index (χ1n) is 10.8. The molecule has 4 rings (SSSR count). The van der Waals surface area contributed by atoms with Gasteiger partial charge in [-0.2, -0.15) is 9.40 Å². The highest BCUT2D eigenvalue weighted by Gasteiger charge is 2.28. The molecule has 0 aliphatic heterocycles. The van der Waals surface area contributed by atoms with E-state index in [1.54, 1.807) is 14.1 Å². The fourth-order valence-corrected chi connectivity index (χ4v) is 5.38. The Balaban J connectivity index is 1.43. The van der Waals surface area contributed by atoms with Crippen LogP contribution in [0.3, 0.4) is 0 Å². The maximum Gasteiger partial charge on any atom is 0.246 e. The summed E-state index contributed by atoms with van der Waals surface area (Å²) in [7, 11) is -0.345. The fraction of sp³-hybridized carbons (Fsp3) is 0.375. The molecule has 2 unspecified atom stereocenters. The van der Waals surface area contributed by atoms with Gasteiger partial charge >= 0.3 is 0 Å². The molecule has 0 fully saturated rings. The Hall–Kier alpha value is -2.68. The highest BCUT2D eigenvalue weighted by Crippen LogP contribution is 2.35. The lowest BCUT2D eigenvalue weighted by atomic mass is 9.76. The summed E-state index contributed by atoms with van der Waals surface area (Å²) in [4.78, 5) is 0.175. The van der Waals surface area contributed by atoms with Crippen LogP contribution in [0.2, 0.25) is 0 Å². The van der Waals surface area contributed by atoms with Crippen molar-refractivity contribution >= 4 is 10.0 Å². The van der Waals surface area contributed by atoms with Gasteiger partial charge in [-0.15, -0.1) is 0 Å². The molecule has 7 nitrogen and oxygen atoms in total. The summed E-state index contributed by atoms with van der Waals surface area (Å²) >= 11 is 0. The quantitative estimate of drug-likeness (QED) is 0.565. The molecule has 0 radical (unpaired) electrons. The number of nitrogens with two attached hydrogens (primary N) is 1. The molecule has 0 spiro atoms. The van der Waals surface area contributed by atoms with Crippen molar-refractivity contribution in [3.8, 4) is 5.75 Å². The third-order valence-corrected chi connectivity index (χ3v) is 7.95. The van der Waals surface area contributed by atoms with Gasteiger partial charge in [-0.1, -0.05) is 36.4 Å². The van der Waals surface area contributed by atoms with Crippen LogP contribution in [-0.4, -0.2) is 48.7 Å². The van der Waals surface area contributed by atoms with Gasteiger partial charge < -0.3 is 10.5 Å². The van der Waals surface area contributed by atoms with Crippen molar-refractivity contribution in [2.24, 2.45) is 12.8 Å². The molecule has 170 valence electrons. The van der Waals surface area contributed by atoms with Crippen LogP contribution in [-0.2, 0) is 29.9 Å². The van der Waals surface area contributed by atoms with Gasteiger partial charge in [-0.25, -0.2) is 8.42 Å². The number of aromatic nitrogens is 2. The molecule has 0 amide bonds. The molecule has 1 heterocycles. The van der Waals surface area contributed by atoms with Crippen molar-refractivity contribution in [2.75, 3.05) is 20.2 Å². The van der Waals surface area contributed by atoms with Crippen LogP contribution >= 0.6 is 0 Å². The highest BCUT2D eigenvalue weighted by atomic mass is 32.2. The molecule has 1 aliphatic rings. The SMILES string of the molecule is CN(CCOc1ccc2c(c1)C(Cc1ccccc1)C(N)CC2)S(=O)(=O)c1cnn(C)c1. The van der Waals surface area contributed by atoms with Gasteiger partial charge in [-0.05, 0) is 48.1 Å². The number of sulfonamides is 1. The number of nitrogens with zero attached hydrogens (tertiary/aromatic N) is 3. The second kappa shape index (κ2) is 9.44. The van der Waals surface area contributed by atoms with E-state index in [2.05, 4.69) is 41.5 Å². The summed E-state index contributed by atoms with van der Waals surface area (Å²) in [5.74, 6) is 0.974. The van der Waals surface area contributed by atoms with E-state index >= 15 is 0 Å². The fourth-order valence-electron chi connectivity index (χ4n) is 4.24. The summed E-state index contributed by atoms with van der Waals surface area (Å²) in [6, 6.07) is 16.7. The number of hydrogen-bond donors (Lipinski definition) is 1. The van der Waals surface area contributed by atoms with Crippen LogP contribution in [0.4, 0.5) is 0 Å². The van der Waals surface area contributed by atoms with Crippen molar-refractivity contribution in [3.05, 3.63) is 77.6 Å². The minimum Gasteiger partial charge on any atom is -0.492 e. The zero-order valence-electron chi connectivity index (χ0n) is 18.5. The number of likely N-dealkylation sites (N-methyl/N-ethyl adjacent to an activating group) is 1. The van der Waals surface area contributed by atoms with Crippen molar-refractivity contribution in [1.29, 1.82) is 0 Å². The van der Waals surface area contributed by atoms with Crippen LogP contribution in [0.5, 0.6) is 5.75 Å². The van der Waals surface area contributed by atoms with E-state index in [0.29, 0.717) is 0 Å². The Morgan fingerprint density at radius 1 is 1.22 bits per heavy atom. The van der Waals surface area contributed by atoms with E-state index in [1.807, 2.05) is 12.1 Å². The van der Waals surface area contributed by atoms with E-state index in [-0.39, 0.29) is 30.0 Å². The number of aryl methyl sites for hydroxylation is 2. The monoisotopic (exact) mass is 454 g/mol. The average Bonchev–Trinajstić information content (AvgIpc) is 3.23. The Morgan fingerprint density at radius 3 is 2.72 bits per heavy atom. The molecule has 3 aromatic rings. The van der Waals surface area contributed by atoms with Gasteiger partial charge in [0.1, 0.15) is 17.3 Å². The molecule has 1 aromatic heterocycles. The maximum absolute atomic E-state index is 12.6. The summed E-state index contributed by atoms with van der Waals surface area (Å²) in [5.41, 5.74) is 10.3. The van der Waals surface area contributed by atoms with Crippen LogP contribution < -0.4 is 10.5 Å². The van der Waals surface area contributed by atoms with Gasteiger partial charge in [-0.3, -0.25) is 4.68 Å². The molecule has 0 bridgehead atoms. The summed E-state index contributed by atoms with van der Waals surface area (Å²) in [6.45, 7) is 0.492. The zero-order valence-corrected chi connectivity index (χ0v) is 19.3. The molecule has 0 saturated carbocycles. The first-order valence-corrected chi connectivity index (χ1v) is 12.3. The molecular formula is C24H30N4O3S. The average molecular weight is 455 g/mol. The van der Waals surface area contributed by atoms with Crippen molar-refractivity contribution in [3.63, 3.8) is 0 Å². The van der Waals surface area contributed by atoms with E-state index in [1.165, 1.54) is 38.1 Å². The topological polar surface area (TPSA) is 90.4 Å². The Morgan fingerprint density at radius 2 is 2.00 bits per heavy atom. The first kappa shape index (κ1) is 22.5. The third kappa shape index (κ3) is 4.87. The van der Waals surface area contributed by atoms with Crippen LogP contribution in [0, 0.1) is 0 Å². The number of rotatable bonds is 8. The largest absolute Gasteiger partial charge is 0.492 e. The molecule has 0 saturated heterocycles. The van der Waals surface area contributed by atoms with Gasteiger partial charge in [0.15, 0.2) is 0 Å². The van der Waals surface area contributed by atoms with Gasteiger partial charge in [0, 0.05) is 38.8 Å². The predicted octanol–water partition coefficient (Wildman–Crippen LogP) is 2.72. The minimum absolute atomic E-state index is 0.105. The summed E-state index contributed by atoms with van der Waals surface area (Å²) in [6.07, 6.45) is 5.68. The first-order chi connectivity index (χ1) is 15.3. The number of ether oxygens (including phenoxy) is 1. The molecule has 32 heavy (non-hydrogen) atoms. The van der Waals surface area contributed by atoms with Crippen LogP contribution in [0.15, 0.2) is 65.8 Å². The number of hydrogen-bond acceptors (Lipinski definition) is 5. The Labute approximate surface area is 189 Å². The van der Waals surface area contributed by atoms with Crippen molar-refractivity contribution < 1.29 is 13.2 Å². The Bertz CT molecular complexity index is 1160. The lowest BCUT2D eigenvalue weighted by Crippen LogP contribution is -2.34. The van der Waals surface area contributed by atoms with E-state index in [0.717, 1.165) is 25.0 Å². The molecular weight excluding hydrogens is 424 g/mol. The highest BCUT2D eigenvalue weighted by molar-refractivity contribution is 7.89. The van der Waals surface area contributed by atoms with Gasteiger partial charge in [0.2, 0.25) is 10.0 Å². The predicted molar refractivity (Wildman–Crippen MR) is 124 cm³/mol. The lowest BCUT2D eigenvalue weighted by molar-refractivity contribution is 0.286. The van der Waals surface area contributed by atoms with Gasteiger partial charge in [0.25, 0.3) is 0 Å².